The summed E-state index contributed by atoms with van der Waals surface area (Å²) >= 11 is 0. The molecule has 0 saturated heterocycles. The highest BCUT2D eigenvalue weighted by Gasteiger charge is 2.57. The number of fused-ring (bicyclic) bond motifs is 1. The van der Waals surface area contributed by atoms with Crippen LogP contribution in [0.4, 0.5) is 0 Å². The Morgan fingerprint density at radius 1 is 1.33 bits per heavy atom. The highest BCUT2D eigenvalue weighted by atomic mass is 14.9. The largest absolute Gasteiger partial charge is 0.401 e. The number of hydrogen-bond donors (Lipinski definition) is 2. The van der Waals surface area contributed by atoms with Gasteiger partial charge in [-0.15, -0.1) is 0 Å². The molecule has 4 N–H and O–H groups in total. The Hall–Kier alpha value is -0.500. The van der Waals surface area contributed by atoms with Crippen molar-refractivity contribution in [2.75, 3.05) is 0 Å². The van der Waals surface area contributed by atoms with E-state index in [4.69, 9.17) is 11.5 Å². The molecule has 0 aliphatic heterocycles. The monoisotopic (exact) mass is 166 g/mol. The van der Waals surface area contributed by atoms with E-state index in [2.05, 4.69) is 13.8 Å². The molecule has 0 aromatic rings. The molecule has 0 heterocycles. The maximum absolute atomic E-state index is 6.08. The van der Waals surface area contributed by atoms with Gasteiger partial charge in [0.15, 0.2) is 0 Å². The average molecular weight is 166 g/mol. The molecule has 2 nitrogen and oxygen atoms in total. The molecule has 2 heteroatoms. The molecule has 0 bridgehead atoms. The molecule has 2 unspecified atom stereocenters. The van der Waals surface area contributed by atoms with Gasteiger partial charge in [-0.2, -0.15) is 0 Å². The van der Waals surface area contributed by atoms with Crippen LogP contribution in [0.25, 0.3) is 0 Å². The molecule has 0 aromatic heterocycles. The van der Waals surface area contributed by atoms with Crippen LogP contribution in [0, 0.1) is 11.3 Å². The van der Waals surface area contributed by atoms with Gasteiger partial charge in [0.05, 0.1) is 5.54 Å². The minimum absolute atomic E-state index is 0.237. The van der Waals surface area contributed by atoms with Crippen LogP contribution in [0.3, 0.4) is 0 Å². The van der Waals surface area contributed by atoms with Crippen LogP contribution in [0.15, 0.2) is 11.3 Å². The van der Waals surface area contributed by atoms with E-state index in [9.17, 15) is 0 Å². The Morgan fingerprint density at radius 2 is 1.92 bits per heavy atom. The standard InChI is InChI=1S/C10H18N2/c1-9(2)6-4-5-10(3,12)8(11)7(6)9/h6H,4-5,11-12H2,1-3H3. The van der Waals surface area contributed by atoms with Crippen molar-refractivity contribution in [1.82, 2.24) is 0 Å². The SMILES string of the molecule is CC1(N)CCC2C(=C1N)C2(C)C. The third kappa shape index (κ3) is 0.789. The van der Waals surface area contributed by atoms with Crippen molar-refractivity contribution in [3.63, 3.8) is 0 Å². The summed E-state index contributed by atoms with van der Waals surface area (Å²) in [4.78, 5) is 0. The highest BCUT2D eigenvalue weighted by molar-refractivity contribution is 5.45. The maximum atomic E-state index is 6.08. The maximum Gasteiger partial charge on any atom is 0.0527 e. The van der Waals surface area contributed by atoms with Crippen LogP contribution in [0.5, 0.6) is 0 Å². The second-order valence-corrected chi connectivity index (χ2v) is 5.06. The average Bonchev–Trinajstić information content (AvgIpc) is 2.46. The fourth-order valence-electron chi connectivity index (χ4n) is 2.57. The zero-order valence-corrected chi connectivity index (χ0v) is 8.15. The number of allylic oxidation sites excluding steroid dienone is 1. The molecule has 0 radical (unpaired) electrons. The van der Waals surface area contributed by atoms with E-state index in [1.165, 1.54) is 12.0 Å². The van der Waals surface area contributed by atoms with E-state index in [0.717, 1.165) is 18.0 Å². The van der Waals surface area contributed by atoms with Crippen molar-refractivity contribution in [2.45, 2.75) is 39.2 Å². The van der Waals surface area contributed by atoms with Gasteiger partial charge in [0.1, 0.15) is 0 Å². The molecule has 1 saturated carbocycles. The van der Waals surface area contributed by atoms with E-state index in [1.54, 1.807) is 0 Å². The van der Waals surface area contributed by atoms with Gasteiger partial charge >= 0.3 is 0 Å². The first-order chi connectivity index (χ1) is 5.37. The molecule has 0 spiro atoms. The van der Waals surface area contributed by atoms with Crippen molar-refractivity contribution in [2.24, 2.45) is 22.8 Å². The second kappa shape index (κ2) is 1.87. The van der Waals surface area contributed by atoms with Crippen molar-refractivity contribution in [3.05, 3.63) is 11.3 Å². The van der Waals surface area contributed by atoms with Crippen molar-refractivity contribution < 1.29 is 0 Å². The lowest BCUT2D eigenvalue weighted by Gasteiger charge is -2.28. The van der Waals surface area contributed by atoms with Gasteiger partial charge in [-0.25, -0.2) is 0 Å². The van der Waals surface area contributed by atoms with Crippen LogP contribution in [-0.2, 0) is 0 Å². The van der Waals surface area contributed by atoms with Crippen LogP contribution in [0.1, 0.15) is 33.6 Å². The summed E-state index contributed by atoms with van der Waals surface area (Å²) in [6, 6.07) is 0. The van der Waals surface area contributed by atoms with E-state index in [-0.39, 0.29) is 5.54 Å². The first-order valence-corrected chi connectivity index (χ1v) is 4.67. The van der Waals surface area contributed by atoms with Crippen LogP contribution < -0.4 is 11.5 Å². The summed E-state index contributed by atoms with van der Waals surface area (Å²) in [7, 11) is 0. The number of nitrogens with two attached hydrogens (primary N) is 2. The zero-order valence-electron chi connectivity index (χ0n) is 8.15. The van der Waals surface area contributed by atoms with Crippen molar-refractivity contribution in [3.8, 4) is 0 Å². The van der Waals surface area contributed by atoms with Gasteiger partial charge in [0.2, 0.25) is 0 Å². The summed E-state index contributed by atoms with van der Waals surface area (Å²) < 4.78 is 0. The van der Waals surface area contributed by atoms with E-state index < -0.39 is 0 Å². The predicted octanol–water partition coefficient (Wildman–Crippen LogP) is 1.37. The predicted molar refractivity (Wildman–Crippen MR) is 50.3 cm³/mol. The lowest BCUT2D eigenvalue weighted by atomic mass is 9.87. The highest BCUT2D eigenvalue weighted by Crippen LogP contribution is 2.64. The fourth-order valence-corrected chi connectivity index (χ4v) is 2.57. The fraction of sp³-hybridized carbons (Fsp3) is 0.800. The van der Waals surface area contributed by atoms with E-state index in [1.807, 2.05) is 6.92 Å². The molecule has 0 amide bonds. The quantitative estimate of drug-likeness (QED) is 0.571. The van der Waals surface area contributed by atoms with Crippen LogP contribution >= 0.6 is 0 Å². The molecular weight excluding hydrogens is 148 g/mol. The zero-order chi connectivity index (χ0) is 9.15. The van der Waals surface area contributed by atoms with Crippen LogP contribution in [0.2, 0.25) is 0 Å². The lowest BCUT2D eigenvalue weighted by molar-refractivity contribution is 0.426. The topological polar surface area (TPSA) is 52.0 Å². The van der Waals surface area contributed by atoms with Crippen LogP contribution in [-0.4, -0.2) is 5.54 Å². The molecule has 2 rings (SSSR count). The summed E-state index contributed by atoms with van der Waals surface area (Å²) in [5.41, 5.74) is 14.6. The number of hydrogen-bond acceptors (Lipinski definition) is 2. The first-order valence-electron chi connectivity index (χ1n) is 4.67. The van der Waals surface area contributed by atoms with Gasteiger partial charge < -0.3 is 11.5 Å². The molecule has 68 valence electrons. The second-order valence-electron chi connectivity index (χ2n) is 5.06. The molecule has 2 aliphatic carbocycles. The lowest BCUT2D eigenvalue weighted by Crippen LogP contribution is -2.43. The first kappa shape index (κ1) is 8.11. The molecule has 12 heavy (non-hydrogen) atoms. The van der Waals surface area contributed by atoms with Gasteiger partial charge in [-0.05, 0) is 36.7 Å². The molecule has 2 aliphatic rings. The summed E-state index contributed by atoms with van der Waals surface area (Å²) in [5.74, 6) is 0.731. The smallest absolute Gasteiger partial charge is 0.0527 e. The molecule has 2 atom stereocenters. The Kier molecular flexibility index (Phi) is 1.27. The molecule has 0 aromatic carbocycles. The van der Waals surface area contributed by atoms with Gasteiger partial charge in [-0.3, -0.25) is 0 Å². The number of rotatable bonds is 0. The summed E-state index contributed by atoms with van der Waals surface area (Å²) in [5, 5.41) is 0. The Balaban J connectivity index is 2.42. The van der Waals surface area contributed by atoms with E-state index >= 15 is 0 Å². The Bertz CT molecular complexity index is 261. The van der Waals surface area contributed by atoms with Crippen molar-refractivity contribution >= 4 is 0 Å². The third-order valence-electron chi connectivity index (χ3n) is 3.69. The summed E-state index contributed by atoms with van der Waals surface area (Å²) in [6.07, 6.45) is 2.26. The third-order valence-corrected chi connectivity index (χ3v) is 3.69. The van der Waals surface area contributed by atoms with Gasteiger partial charge in [-0.1, -0.05) is 13.8 Å². The summed E-state index contributed by atoms with van der Waals surface area (Å²) in [6.45, 7) is 6.57. The Labute approximate surface area is 74.0 Å². The Morgan fingerprint density at radius 3 is 2.42 bits per heavy atom. The molecule has 1 fully saturated rings. The van der Waals surface area contributed by atoms with Gasteiger partial charge in [0, 0.05) is 5.70 Å². The van der Waals surface area contributed by atoms with Gasteiger partial charge in [0.25, 0.3) is 0 Å². The van der Waals surface area contributed by atoms with E-state index in [0.29, 0.717) is 5.41 Å². The normalized spacial score (nSPS) is 44.2. The van der Waals surface area contributed by atoms with Crippen molar-refractivity contribution in [1.29, 1.82) is 0 Å². The molecular formula is C10H18N2. The minimum atomic E-state index is -0.237. The minimum Gasteiger partial charge on any atom is -0.401 e.